The molecule has 0 radical (unpaired) electrons. The molecule has 0 aliphatic carbocycles. The first-order valence-corrected chi connectivity index (χ1v) is 9.14. The molecule has 3 rings (SSSR count). The predicted octanol–water partition coefficient (Wildman–Crippen LogP) is 5.84. The van der Waals surface area contributed by atoms with Gasteiger partial charge < -0.3 is 4.74 Å². The van der Waals surface area contributed by atoms with Gasteiger partial charge in [0.15, 0.2) is 5.69 Å². The number of carbonyl (C=O) groups is 1. The lowest BCUT2D eigenvalue weighted by molar-refractivity contribution is 0.0595. The smallest absolute Gasteiger partial charge is 0.357 e. The van der Waals surface area contributed by atoms with Crippen LogP contribution in [0.1, 0.15) is 49.3 Å². The second-order valence-corrected chi connectivity index (χ2v) is 6.80. The molecular weight excluding hydrogens is 322 g/mol. The molecule has 1 heterocycles. The topological polar surface area (TPSA) is 39.2 Å². The normalized spacial score (nSPS) is 13.4. The average Bonchev–Trinajstić information content (AvgIpc) is 2.71. The van der Waals surface area contributed by atoms with Gasteiger partial charge in [-0.15, -0.1) is 0 Å². The second kappa shape index (κ2) is 7.69. The van der Waals surface area contributed by atoms with E-state index < -0.39 is 5.97 Å². The van der Waals surface area contributed by atoms with Gasteiger partial charge >= 0.3 is 5.97 Å². The molecule has 3 aromatic rings. The zero-order valence-electron chi connectivity index (χ0n) is 15.8. The van der Waals surface area contributed by atoms with E-state index in [1.165, 1.54) is 7.11 Å². The zero-order chi connectivity index (χ0) is 18.7. The van der Waals surface area contributed by atoms with Crippen LogP contribution in [-0.2, 0) is 4.74 Å². The number of rotatable bonds is 5. The van der Waals surface area contributed by atoms with Gasteiger partial charge in [0.2, 0.25) is 0 Å². The maximum Gasteiger partial charge on any atom is 0.357 e. The Bertz CT molecular complexity index is 918. The van der Waals surface area contributed by atoms with Crippen molar-refractivity contribution in [2.75, 3.05) is 7.11 Å². The van der Waals surface area contributed by atoms with Crippen molar-refractivity contribution in [1.29, 1.82) is 0 Å². The molecule has 0 amide bonds. The largest absolute Gasteiger partial charge is 0.464 e. The second-order valence-electron chi connectivity index (χ2n) is 6.80. The average molecular weight is 347 g/mol. The minimum absolute atomic E-state index is 0.248. The number of nitrogens with zero attached hydrogens (tertiary/aromatic N) is 1. The molecule has 0 saturated carbocycles. The third-order valence-electron chi connectivity index (χ3n) is 5.31. The van der Waals surface area contributed by atoms with Crippen LogP contribution in [0, 0.1) is 5.92 Å². The number of esters is 1. The van der Waals surface area contributed by atoms with Crippen molar-refractivity contribution in [3.63, 3.8) is 0 Å². The predicted molar refractivity (Wildman–Crippen MR) is 106 cm³/mol. The summed E-state index contributed by atoms with van der Waals surface area (Å²) in [5.74, 6) is 0.323. The summed E-state index contributed by atoms with van der Waals surface area (Å²) in [5, 5.41) is 2.14. The number of ether oxygens (including phenoxy) is 1. The van der Waals surface area contributed by atoms with Crippen LogP contribution in [0.15, 0.2) is 54.6 Å². The molecule has 134 valence electrons. The molecule has 0 saturated heterocycles. The number of pyridine rings is 1. The van der Waals surface area contributed by atoms with Crippen LogP contribution in [-0.4, -0.2) is 18.1 Å². The van der Waals surface area contributed by atoms with Crippen LogP contribution in [0.25, 0.3) is 21.9 Å². The lowest BCUT2D eigenvalue weighted by atomic mass is 9.86. The minimum atomic E-state index is -0.396. The van der Waals surface area contributed by atoms with Gasteiger partial charge in [-0.25, -0.2) is 9.78 Å². The van der Waals surface area contributed by atoms with E-state index in [9.17, 15) is 4.79 Å². The summed E-state index contributed by atoms with van der Waals surface area (Å²) >= 11 is 0. The minimum Gasteiger partial charge on any atom is -0.464 e. The van der Waals surface area contributed by atoms with E-state index in [2.05, 4.69) is 32.9 Å². The molecule has 1 aromatic heterocycles. The van der Waals surface area contributed by atoms with Crippen molar-refractivity contribution in [2.45, 2.75) is 33.1 Å². The molecule has 0 N–H and O–H groups in total. The Morgan fingerprint density at radius 1 is 1.00 bits per heavy atom. The highest BCUT2D eigenvalue weighted by atomic mass is 16.5. The quantitative estimate of drug-likeness (QED) is 0.544. The summed E-state index contributed by atoms with van der Waals surface area (Å²) in [6, 6.07) is 18.1. The molecule has 3 nitrogen and oxygen atoms in total. The summed E-state index contributed by atoms with van der Waals surface area (Å²) in [6.45, 7) is 6.60. The third kappa shape index (κ3) is 3.22. The van der Waals surface area contributed by atoms with Crippen molar-refractivity contribution in [3.05, 3.63) is 66.0 Å². The first kappa shape index (κ1) is 18.1. The standard InChI is InChI=1S/C23H25NO2/c1-5-15(2)16(3)21-19-14-10-9-13-18(19)20(17-11-7-6-8-12-17)22(24-21)23(25)26-4/h6-16H,5H2,1-4H3/t15?,16-/m0/s1. The van der Waals surface area contributed by atoms with E-state index in [1.54, 1.807) is 0 Å². The number of benzene rings is 2. The highest BCUT2D eigenvalue weighted by Crippen LogP contribution is 2.37. The Morgan fingerprint density at radius 3 is 2.23 bits per heavy atom. The zero-order valence-corrected chi connectivity index (χ0v) is 15.8. The van der Waals surface area contributed by atoms with Crippen molar-refractivity contribution < 1.29 is 9.53 Å². The van der Waals surface area contributed by atoms with E-state index in [4.69, 9.17) is 9.72 Å². The van der Waals surface area contributed by atoms with Crippen LogP contribution in [0.4, 0.5) is 0 Å². The van der Waals surface area contributed by atoms with Crippen LogP contribution in [0.5, 0.6) is 0 Å². The number of carbonyl (C=O) groups excluding carboxylic acids is 1. The summed E-state index contributed by atoms with van der Waals surface area (Å²) in [7, 11) is 1.41. The van der Waals surface area contributed by atoms with Gasteiger partial charge in [0.05, 0.1) is 12.8 Å². The highest BCUT2D eigenvalue weighted by molar-refractivity contribution is 6.07. The van der Waals surface area contributed by atoms with Gasteiger partial charge in [-0.2, -0.15) is 0 Å². The van der Waals surface area contributed by atoms with E-state index in [1.807, 2.05) is 42.5 Å². The van der Waals surface area contributed by atoms with E-state index in [0.29, 0.717) is 11.6 Å². The van der Waals surface area contributed by atoms with Gasteiger partial charge in [0.1, 0.15) is 0 Å². The molecule has 0 aliphatic heterocycles. The van der Waals surface area contributed by atoms with Crippen molar-refractivity contribution in [2.24, 2.45) is 5.92 Å². The van der Waals surface area contributed by atoms with Gasteiger partial charge in [-0.3, -0.25) is 0 Å². The molecule has 2 aromatic carbocycles. The molecule has 1 unspecified atom stereocenters. The fraction of sp³-hybridized carbons (Fsp3) is 0.304. The van der Waals surface area contributed by atoms with E-state index in [-0.39, 0.29) is 5.92 Å². The van der Waals surface area contributed by atoms with E-state index >= 15 is 0 Å². The summed E-state index contributed by atoms with van der Waals surface area (Å²) in [5.41, 5.74) is 3.17. The molecule has 26 heavy (non-hydrogen) atoms. The maximum atomic E-state index is 12.6. The Morgan fingerprint density at radius 2 is 1.62 bits per heavy atom. The summed E-state index contributed by atoms with van der Waals surface area (Å²) in [6.07, 6.45) is 1.06. The fourth-order valence-corrected chi connectivity index (χ4v) is 3.40. The molecule has 0 aliphatic rings. The molecule has 2 atom stereocenters. The fourth-order valence-electron chi connectivity index (χ4n) is 3.40. The van der Waals surface area contributed by atoms with Crippen molar-refractivity contribution >= 4 is 16.7 Å². The Kier molecular flexibility index (Phi) is 5.36. The Hall–Kier alpha value is -2.68. The molecule has 0 bridgehead atoms. The first-order chi connectivity index (χ1) is 12.6. The number of fused-ring (bicyclic) bond motifs is 1. The van der Waals surface area contributed by atoms with Crippen LogP contribution in [0.3, 0.4) is 0 Å². The number of hydrogen-bond acceptors (Lipinski definition) is 3. The van der Waals surface area contributed by atoms with Crippen LogP contribution >= 0.6 is 0 Å². The highest BCUT2D eigenvalue weighted by Gasteiger charge is 2.24. The van der Waals surface area contributed by atoms with Crippen molar-refractivity contribution in [3.8, 4) is 11.1 Å². The van der Waals surface area contributed by atoms with Crippen LogP contribution in [0.2, 0.25) is 0 Å². The summed E-state index contributed by atoms with van der Waals surface area (Å²) in [4.78, 5) is 17.4. The third-order valence-corrected chi connectivity index (χ3v) is 5.31. The molecule has 0 spiro atoms. The van der Waals surface area contributed by atoms with Crippen molar-refractivity contribution in [1.82, 2.24) is 4.98 Å². The molecule has 3 heteroatoms. The maximum absolute atomic E-state index is 12.6. The Labute approximate surface area is 155 Å². The summed E-state index contributed by atoms with van der Waals surface area (Å²) < 4.78 is 5.07. The van der Waals surface area contributed by atoms with E-state index in [0.717, 1.165) is 34.0 Å². The van der Waals surface area contributed by atoms with Gasteiger partial charge in [0, 0.05) is 16.9 Å². The number of methoxy groups -OCH3 is 1. The van der Waals surface area contributed by atoms with Gasteiger partial charge in [0.25, 0.3) is 0 Å². The monoisotopic (exact) mass is 347 g/mol. The van der Waals surface area contributed by atoms with Gasteiger partial charge in [-0.1, -0.05) is 81.8 Å². The lowest BCUT2D eigenvalue weighted by Gasteiger charge is -2.22. The number of aromatic nitrogens is 1. The molecule has 0 fully saturated rings. The Balaban J connectivity index is 2.38. The van der Waals surface area contributed by atoms with Gasteiger partial charge in [-0.05, 0) is 16.9 Å². The first-order valence-electron chi connectivity index (χ1n) is 9.14. The molecular formula is C23H25NO2. The SMILES string of the molecule is CCC(C)[C@H](C)c1nc(C(=O)OC)c(-c2ccccc2)c2ccccc12. The lowest BCUT2D eigenvalue weighted by Crippen LogP contribution is -2.14. The number of hydrogen-bond donors (Lipinski definition) is 0. The van der Waals surface area contributed by atoms with Crippen LogP contribution < -0.4 is 0 Å².